The lowest BCUT2D eigenvalue weighted by Gasteiger charge is -2.18. The number of hydrogen-bond donors (Lipinski definition) is 1. The Labute approximate surface area is 179 Å². The van der Waals surface area contributed by atoms with Crippen LogP contribution in [-0.4, -0.2) is 45.5 Å². The zero-order chi connectivity index (χ0) is 20.9. The molecule has 1 aliphatic heterocycles. The number of benzene rings is 1. The van der Waals surface area contributed by atoms with Gasteiger partial charge in [0.2, 0.25) is 5.91 Å². The molecule has 1 saturated heterocycles. The number of nitrogens with zero attached hydrogens (tertiary/aromatic N) is 4. The number of anilines is 1. The van der Waals surface area contributed by atoms with E-state index in [4.69, 9.17) is 22.1 Å². The molecule has 4 rings (SSSR count). The van der Waals surface area contributed by atoms with Gasteiger partial charge in [0.15, 0.2) is 0 Å². The van der Waals surface area contributed by atoms with Gasteiger partial charge in [-0.1, -0.05) is 11.6 Å². The molecule has 0 unspecified atom stereocenters. The Morgan fingerprint density at radius 1 is 1.23 bits per heavy atom. The van der Waals surface area contributed by atoms with Gasteiger partial charge in [-0.15, -0.1) is 0 Å². The van der Waals surface area contributed by atoms with Crippen LogP contribution in [0.15, 0.2) is 55.1 Å². The van der Waals surface area contributed by atoms with Crippen molar-refractivity contribution in [2.75, 3.05) is 25.4 Å². The van der Waals surface area contributed by atoms with Crippen LogP contribution in [0.2, 0.25) is 5.02 Å². The fourth-order valence-corrected chi connectivity index (χ4v) is 3.78. The number of carbonyl (C=O) groups excluding carboxylic acids is 1. The maximum atomic E-state index is 12.6. The number of rotatable bonds is 6. The summed E-state index contributed by atoms with van der Waals surface area (Å²) in [4.78, 5) is 27.3. The van der Waals surface area contributed by atoms with Crippen molar-refractivity contribution in [1.29, 1.82) is 0 Å². The average molecular weight is 424 g/mol. The van der Waals surface area contributed by atoms with Crippen molar-refractivity contribution in [3.05, 3.63) is 65.8 Å². The second-order valence-electron chi connectivity index (χ2n) is 7.17. The Bertz CT molecular complexity index is 1030. The Hall–Kier alpha value is -3.19. The highest BCUT2D eigenvalue weighted by Gasteiger charge is 2.29. The number of amides is 1. The fraction of sp³-hybridized carbons (Fsp3) is 0.273. The summed E-state index contributed by atoms with van der Waals surface area (Å²) < 4.78 is 5.65. The third-order valence-corrected chi connectivity index (χ3v) is 5.41. The minimum Gasteiger partial charge on any atom is -0.493 e. The van der Waals surface area contributed by atoms with Gasteiger partial charge in [-0.05, 0) is 48.4 Å². The van der Waals surface area contributed by atoms with E-state index in [1.165, 1.54) is 0 Å². The Morgan fingerprint density at radius 3 is 2.87 bits per heavy atom. The van der Waals surface area contributed by atoms with Crippen LogP contribution in [0.25, 0.3) is 11.1 Å². The lowest BCUT2D eigenvalue weighted by Crippen LogP contribution is -2.29. The quantitative estimate of drug-likeness (QED) is 0.651. The molecule has 0 spiro atoms. The molecule has 0 saturated carbocycles. The van der Waals surface area contributed by atoms with Gasteiger partial charge in [0.1, 0.15) is 17.9 Å². The van der Waals surface area contributed by atoms with Gasteiger partial charge in [-0.25, -0.2) is 15.0 Å². The van der Waals surface area contributed by atoms with Gasteiger partial charge in [-0.2, -0.15) is 0 Å². The summed E-state index contributed by atoms with van der Waals surface area (Å²) in [5, 5.41) is 0.653. The van der Waals surface area contributed by atoms with Gasteiger partial charge in [0, 0.05) is 42.0 Å². The van der Waals surface area contributed by atoms with Crippen molar-refractivity contribution in [2.24, 2.45) is 0 Å². The lowest BCUT2D eigenvalue weighted by atomic mass is 9.96. The first-order valence-electron chi connectivity index (χ1n) is 9.78. The first kappa shape index (κ1) is 20.1. The largest absolute Gasteiger partial charge is 0.493 e. The van der Waals surface area contributed by atoms with Crippen molar-refractivity contribution < 1.29 is 9.53 Å². The minimum atomic E-state index is 0.0789. The van der Waals surface area contributed by atoms with E-state index in [0.29, 0.717) is 42.7 Å². The Kier molecular flexibility index (Phi) is 6.09. The molecule has 0 aliphatic carbocycles. The summed E-state index contributed by atoms with van der Waals surface area (Å²) in [5.74, 6) is 1.38. The van der Waals surface area contributed by atoms with Crippen LogP contribution < -0.4 is 10.5 Å². The molecule has 1 amide bonds. The van der Waals surface area contributed by atoms with Crippen LogP contribution in [-0.2, 0) is 4.79 Å². The summed E-state index contributed by atoms with van der Waals surface area (Å²) in [7, 11) is 0. The molecule has 0 radical (unpaired) electrons. The number of halogens is 1. The summed E-state index contributed by atoms with van der Waals surface area (Å²) in [6.45, 7) is 1.66. The Balaban J connectivity index is 1.37. The molecule has 3 heterocycles. The standard InChI is InChI=1S/C22H22ClN5O2/c23-17-1-3-18(4-2-17)30-10-7-21(29)28-9-6-16(13-28)22-19(12-25-14-27-22)15-5-8-26-20(24)11-15/h1-5,8,11-12,14,16H,6-7,9-10,13H2,(H2,24,26)/t16-/m1/s1. The molecule has 1 aromatic carbocycles. The first-order valence-corrected chi connectivity index (χ1v) is 10.2. The molecular weight excluding hydrogens is 402 g/mol. The van der Waals surface area contributed by atoms with E-state index < -0.39 is 0 Å². The molecular formula is C22H22ClN5O2. The predicted octanol–water partition coefficient (Wildman–Crippen LogP) is 3.56. The number of pyridine rings is 1. The van der Waals surface area contributed by atoms with Gasteiger partial charge in [0.05, 0.1) is 18.7 Å². The zero-order valence-electron chi connectivity index (χ0n) is 16.4. The fourth-order valence-electron chi connectivity index (χ4n) is 3.66. The molecule has 2 aromatic heterocycles. The summed E-state index contributed by atoms with van der Waals surface area (Å²) in [5.41, 5.74) is 8.63. The minimum absolute atomic E-state index is 0.0789. The van der Waals surface area contributed by atoms with Crippen molar-refractivity contribution in [1.82, 2.24) is 19.9 Å². The molecule has 30 heavy (non-hydrogen) atoms. The third kappa shape index (κ3) is 4.68. The van der Waals surface area contributed by atoms with E-state index >= 15 is 0 Å². The van der Waals surface area contributed by atoms with Crippen LogP contribution in [0.4, 0.5) is 5.82 Å². The maximum absolute atomic E-state index is 12.6. The topological polar surface area (TPSA) is 94.2 Å². The second-order valence-corrected chi connectivity index (χ2v) is 7.61. The molecule has 7 nitrogen and oxygen atoms in total. The van der Waals surface area contributed by atoms with E-state index in [-0.39, 0.29) is 11.8 Å². The summed E-state index contributed by atoms with van der Waals surface area (Å²) in [6.07, 6.45) is 6.20. The highest BCUT2D eigenvalue weighted by atomic mass is 35.5. The second kappa shape index (κ2) is 9.09. The number of hydrogen-bond acceptors (Lipinski definition) is 6. The van der Waals surface area contributed by atoms with Crippen molar-refractivity contribution in [2.45, 2.75) is 18.8 Å². The maximum Gasteiger partial charge on any atom is 0.226 e. The number of likely N-dealkylation sites (tertiary alicyclic amines) is 1. The van der Waals surface area contributed by atoms with Crippen LogP contribution >= 0.6 is 11.6 Å². The number of nitrogen functional groups attached to an aromatic ring is 1. The average Bonchev–Trinajstić information content (AvgIpc) is 3.25. The number of aromatic nitrogens is 3. The van der Waals surface area contributed by atoms with Crippen LogP contribution in [0.3, 0.4) is 0 Å². The molecule has 8 heteroatoms. The Morgan fingerprint density at radius 2 is 2.07 bits per heavy atom. The van der Waals surface area contributed by atoms with Crippen LogP contribution in [0.5, 0.6) is 5.75 Å². The first-order chi connectivity index (χ1) is 14.6. The van der Waals surface area contributed by atoms with E-state index in [1.54, 1.807) is 43.0 Å². The number of carbonyl (C=O) groups is 1. The van der Waals surface area contributed by atoms with Gasteiger partial charge in [-0.3, -0.25) is 4.79 Å². The van der Waals surface area contributed by atoms with Crippen molar-refractivity contribution in [3.8, 4) is 16.9 Å². The predicted molar refractivity (Wildman–Crippen MR) is 115 cm³/mol. The molecule has 2 N–H and O–H groups in total. The molecule has 0 bridgehead atoms. The van der Waals surface area contributed by atoms with E-state index in [1.807, 2.05) is 17.0 Å². The monoisotopic (exact) mass is 423 g/mol. The van der Waals surface area contributed by atoms with Crippen LogP contribution in [0, 0.1) is 0 Å². The smallest absolute Gasteiger partial charge is 0.226 e. The van der Waals surface area contributed by atoms with Gasteiger partial charge < -0.3 is 15.4 Å². The molecule has 154 valence electrons. The van der Waals surface area contributed by atoms with E-state index in [2.05, 4.69) is 15.0 Å². The summed E-state index contributed by atoms with van der Waals surface area (Å²) >= 11 is 5.87. The zero-order valence-corrected chi connectivity index (χ0v) is 17.1. The molecule has 1 atom stereocenters. The molecule has 3 aromatic rings. The number of nitrogens with two attached hydrogens (primary N) is 1. The van der Waals surface area contributed by atoms with Gasteiger partial charge >= 0.3 is 0 Å². The summed E-state index contributed by atoms with van der Waals surface area (Å²) in [6, 6.07) is 10.8. The third-order valence-electron chi connectivity index (χ3n) is 5.16. The lowest BCUT2D eigenvalue weighted by molar-refractivity contribution is -0.130. The van der Waals surface area contributed by atoms with Crippen molar-refractivity contribution >= 4 is 23.3 Å². The van der Waals surface area contributed by atoms with Crippen LogP contribution in [0.1, 0.15) is 24.5 Å². The number of ether oxygens (including phenoxy) is 1. The van der Waals surface area contributed by atoms with Gasteiger partial charge in [0.25, 0.3) is 0 Å². The van der Waals surface area contributed by atoms with E-state index in [9.17, 15) is 4.79 Å². The van der Waals surface area contributed by atoms with Crippen molar-refractivity contribution in [3.63, 3.8) is 0 Å². The highest BCUT2D eigenvalue weighted by Crippen LogP contribution is 2.33. The normalized spacial score (nSPS) is 15.9. The van der Waals surface area contributed by atoms with E-state index in [0.717, 1.165) is 23.2 Å². The molecule has 1 aliphatic rings. The SMILES string of the molecule is Nc1cc(-c2cncnc2[C@@H]2CCN(C(=O)CCOc3ccc(Cl)cc3)C2)ccn1. The molecule has 1 fully saturated rings. The highest BCUT2D eigenvalue weighted by molar-refractivity contribution is 6.30.